The van der Waals surface area contributed by atoms with Gasteiger partial charge in [-0.25, -0.2) is 0 Å². The van der Waals surface area contributed by atoms with Gasteiger partial charge in [0.1, 0.15) is 0 Å². The topological polar surface area (TPSA) is 17.1 Å². The van der Waals surface area contributed by atoms with Crippen molar-refractivity contribution in [1.82, 2.24) is 0 Å². The Morgan fingerprint density at radius 1 is 1.27 bits per heavy atom. The lowest BCUT2D eigenvalue weighted by Crippen LogP contribution is -2.16. The number of fused-ring (bicyclic) bond motifs is 1. The van der Waals surface area contributed by atoms with Crippen molar-refractivity contribution in [1.29, 1.82) is 0 Å². The zero-order valence-corrected chi connectivity index (χ0v) is 7.02. The summed E-state index contributed by atoms with van der Waals surface area (Å²) in [6.07, 6.45) is 5.61. The van der Waals surface area contributed by atoms with Crippen molar-refractivity contribution >= 4 is 5.78 Å². The summed E-state index contributed by atoms with van der Waals surface area (Å²) in [5.74, 6) is 1.09. The minimum Gasteiger partial charge on any atom is -0.295 e. The number of carbonyl (C=O) groups excluding carboxylic acids is 1. The number of hydrogen-bond acceptors (Lipinski definition) is 1. The molecule has 0 aromatic carbocycles. The van der Waals surface area contributed by atoms with Crippen molar-refractivity contribution < 1.29 is 4.79 Å². The summed E-state index contributed by atoms with van der Waals surface area (Å²) in [6, 6.07) is 0. The van der Waals surface area contributed by atoms with Gasteiger partial charge in [-0.15, -0.1) is 0 Å². The van der Waals surface area contributed by atoms with Crippen LogP contribution in [0.15, 0.2) is 11.1 Å². The summed E-state index contributed by atoms with van der Waals surface area (Å²) in [7, 11) is 0. The Bertz CT molecular complexity index is 225. The van der Waals surface area contributed by atoms with E-state index in [1.807, 2.05) is 0 Å². The molecule has 0 spiro atoms. The second kappa shape index (κ2) is 2.47. The van der Waals surface area contributed by atoms with Crippen LogP contribution in [0.2, 0.25) is 0 Å². The van der Waals surface area contributed by atoms with Crippen molar-refractivity contribution in [2.24, 2.45) is 5.92 Å². The molecular formula is C10H14O. The molecule has 1 fully saturated rings. The van der Waals surface area contributed by atoms with Gasteiger partial charge in [0.2, 0.25) is 0 Å². The van der Waals surface area contributed by atoms with E-state index in [2.05, 4.69) is 6.92 Å². The first-order valence-electron chi connectivity index (χ1n) is 4.52. The standard InChI is InChI=1S/C10H14O/c1-7-5-6-8-3-2-4-9(11)10(7)8/h8H,2-6H2,1H3/t8-/m1/s1. The summed E-state index contributed by atoms with van der Waals surface area (Å²) in [5.41, 5.74) is 2.58. The molecule has 2 aliphatic carbocycles. The maximum atomic E-state index is 11.4. The lowest BCUT2D eigenvalue weighted by Gasteiger charge is -2.19. The van der Waals surface area contributed by atoms with Crippen LogP contribution in [0.4, 0.5) is 0 Å². The zero-order valence-electron chi connectivity index (χ0n) is 7.02. The average molecular weight is 150 g/mol. The van der Waals surface area contributed by atoms with E-state index in [4.69, 9.17) is 0 Å². The highest BCUT2D eigenvalue weighted by molar-refractivity contribution is 5.97. The molecule has 0 aromatic rings. The summed E-state index contributed by atoms with van der Waals surface area (Å²) < 4.78 is 0. The number of ketones is 1. The molecule has 0 N–H and O–H groups in total. The second-order valence-corrected chi connectivity index (χ2v) is 3.75. The molecule has 0 aliphatic heterocycles. The van der Waals surface area contributed by atoms with Gasteiger partial charge in [0.25, 0.3) is 0 Å². The van der Waals surface area contributed by atoms with E-state index >= 15 is 0 Å². The molecule has 2 aliphatic rings. The molecule has 0 aromatic heterocycles. The van der Waals surface area contributed by atoms with Gasteiger partial charge in [-0.05, 0) is 44.1 Å². The predicted molar refractivity (Wildman–Crippen MR) is 44.3 cm³/mol. The number of rotatable bonds is 0. The summed E-state index contributed by atoms with van der Waals surface area (Å²) in [5, 5.41) is 0. The van der Waals surface area contributed by atoms with Gasteiger partial charge in [0.05, 0.1) is 0 Å². The Hall–Kier alpha value is -0.590. The highest BCUT2D eigenvalue weighted by Gasteiger charge is 2.30. The highest BCUT2D eigenvalue weighted by atomic mass is 16.1. The maximum absolute atomic E-state index is 11.4. The Morgan fingerprint density at radius 2 is 2.09 bits per heavy atom. The minimum absolute atomic E-state index is 0.441. The molecule has 1 atom stereocenters. The summed E-state index contributed by atoms with van der Waals surface area (Å²) in [6.45, 7) is 2.12. The van der Waals surface area contributed by atoms with E-state index < -0.39 is 0 Å². The number of hydrogen-bond donors (Lipinski definition) is 0. The predicted octanol–water partition coefficient (Wildman–Crippen LogP) is 2.47. The molecule has 11 heavy (non-hydrogen) atoms. The van der Waals surface area contributed by atoms with Crippen molar-refractivity contribution in [3.63, 3.8) is 0 Å². The van der Waals surface area contributed by atoms with Gasteiger partial charge in [0.15, 0.2) is 5.78 Å². The first-order valence-corrected chi connectivity index (χ1v) is 4.52. The van der Waals surface area contributed by atoms with Crippen LogP contribution in [0.25, 0.3) is 0 Å². The molecule has 1 nitrogen and oxygen atoms in total. The minimum atomic E-state index is 0.441. The maximum Gasteiger partial charge on any atom is 0.159 e. The third-order valence-electron chi connectivity index (χ3n) is 2.99. The summed E-state index contributed by atoms with van der Waals surface area (Å²) >= 11 is 0. The van der Waals surface area contributed by atoms with Gasteiger partial charge < -0.3 is 0 Å². The molecule has 0 bridgehead atoms. The monoisotopic (exact) mass is 150 g/mol. The molecule has 60 valence electrons. The van der Waals surface area contributed by atoms with Crippen molar-refractivity contribution in [2.45, 2.75) is 39.0 Å². The van der Waals surface area contributed by atoms with Crippen molar-refractivity contribution in [3.05, 3.63) is 11.1 Å². The quantitative estimate of drug-likeness (QED) is 0.518. The van der Waals surface area contributed by atoms with E-state index in [1.165, 1.54) is 30.4 Å². The SMILES string of the molecule is CC1=C2C(=O)CCC[C@@H]2CC1. The van der Waals surface area contributed by atoms with Crippen LogP contribution in [0.1, 0.15) is 39.0 Å². The fourth-order valence-electron chi connectivity index (χ4n) is 2.42. The number of carbonyl (C=O) groups is 1. The Kier molecular flexibility index (Phi) is 1.59. The van der Waals surface area contributed by atoms with Crippen molar-refractivity contribution in [2.75, 3.05) is 0 Å². The molecule has 2 rings (SSSR count). The molecule has 0 unspecified atom stereocenters. The van der Waals surface area contributed by atoms with Crippen LogP contribution in [0.5, 0.6) is 0 Å². The molecule has 0 heterocycles. The summed E-state index contributed by atoms with van der Waals surface area (Å²) in [4.78, 5) is 11.4. The Morgan fingerprint density at radius 3 is 2.82 bits per heavy atom. The van der Waals surface area contributed by atoms with Crippen LogP contribution in [0, 0.1) is 5.92 Å². The fraction of sp³-hybridized carbons (Fsp3) is 0.700. The Labute approximate surface area is 67.5 Å². The smallest absolute Gasteiger partial charge is 0.159 e. The van der Waals surface area contributed by atoms with E-state index in [0.717, 1.165) is 12.8 Å². The normalized spacial score (nSPS) is 31.0. The van der Waals surface area contributed by atoms with Crippen LogP contribution < -0.4 is 0 Å². The lowest BCUT2D eigenvalue weighted by atomic mass is 9.84. The van der Waals surface area contributed by atoms with E-state index in [9.17, 15) is 4.79 Å². The molecule has 1 saturated carbocycles. The third-order valence-corrected chi connectivity index (χ3v) is 2.99. The van der Waals surface area contributed by atoms with Crippen LogP contribution in [-0.4, -0.2) is 5.78 Å². The molecule has 0 saturated heterocycles. The van der Waals surface area contributed by atoms with E-state index in [1.54, 1.807) is 0 Å². The number of Topliss-reactive ketones (excluding diaryl/α,β-unsaturated/α-hetero) is 1. The van der Waals surface area contributed by atoms with Crippen LogP contribution in [-0.2, 0) is 4.79 Å². The Balaban J connectivity index is 2.32. The third kappa shape index (κ3) is 1.03. The first-order chi connectivity index (χ1) is 5.29. The van der Waals surface area contributed by atoms with Crippen molar-refractivity contribution in [3.8, 4) is 0 Å². The molecular weight excluding hydrogens is 136 g/mol. The van der Waals surface area contributed by atoms with Gasteiger partial charge in [-0.2, -0.15) is 0 Å². The molecule has 0 radical (unpaired) electrons. The van der Waals surface area contributed by atoms with Gasteiger partial charge in [0, 0.05) is 6.42 Å². The van der Waals surface area contributed by atoms with Gasteiger partial charge >= 0.3 is 0 Å². The fourth-order valence-corrected chi connectivity index (χ4v) is 2.42. The van der Waals surface area contributed by atoms with Crippen LogP contribution >= 0.6 is 0 Å². The van der Waals surface area contributed by atoms with E-state index in [0.29, 0.717) is 11.7 Å². The first kappa shape index (κ1) is 7.08. The lowest BCUT2D eigenvalue weighted by molar-refractivity contribution is -0.117. The highest BCUT2D eigenvalue weighted by Crippen LogP contribution is 2.39. The molecule has 1 heteroatoms. The largest absolute Gasteiger partial charge is 0.295 e. The zero-order chi connectivity index (χ0) is 7.84. The van der Waals surface area contributed by atoms with Crippen LogP contribution in [0.3, 0.4) is 0 Å². The number of allylic oxidation sites excluding steroid dienone is 2. The van der Waals surface area contributed by atoms with Gasteiger partial charge in [-0.3, -0.25) is 4.79 Å². The average Bonchev–Trinajstić information content (AvgIpc) is 2.34. The second-order valence-electron chi connectivity index (χ2n) is 3.75. The van der Waals surface area contributed by atoms with E-state index in [-0.39, 0.29) is 0 Å². The molecule has 0 amide bonds. The van der Waals surface area contributed by atoms with Gasteiger partial charge in [-0.1, -0.05) is 5.57 Å².